The van der Waals surface area contributed by atoms with Crippen LogP contribution in [-0.4, -0.2) is 43.8 Å². The Balaban J connectivity index is 2.03. The van der Waals surface area contributed by atoms with Crippen LogP contribution in [0, 0.1) is 13.8 Å². The van der Waals surface area contributed by atoms with E-state index >= 15 is 0 Å². The summed E-state index contributed by atoms with van der Waals surface area (Å²) < 4.78 is 29.4. The summed E-state index contributed by atoms with van der Waals surface area (Å²) in [7, 11) is -4.10. The van der Waals surface area contributed by atoms with E-state index in [4.69, 9.17) is 0 Å². The van der Waals surface area contributed by atoms with E-state index < -0.39 is 28.5 Å². The van der Waals surface area contributed by atoms with Crippen molar-refractivity contribution in [3.05, 3.63) is 94.0 Å². The maximum Gasteiger partial charge on any atom is 0.264 e. The van der Waals surface area contributed by atoms with Crippen molar-refractivity contribution in [2.75, 3.05) is 10.8 Å². The second kappa shape index (κ2) is 12.6. The number of benzene rings is 3. The average Bonchev–Trinajstić information content (AvgIpc) is 2.86. The second-order valence-electron chi connectivity index (χ2n) is 9.65. The molecule has 202 valence electrons. The first-order valence-corrected chi connectivity index (χ1v) is 14.6. The zero-order valence-electron chi connectivity index (χ0n) is 22.3. The summed E-state index contributed by atoms with van der Waals surface area (Å²) in [4.78, 5) is 28.3. The number of amides is 2. The molecule has 2 amide bonds. The van der Waals surface area contributed by atoms with E-state index in [-0.39, 0.29) is 23.4 Å². The van der Waals surface area contributed by atoms with Crippen molar-refractivity contribution in [2.24, 2.45) is 0 Å². The number of hydrogen-bond acceptors (Lipinski definition) is 4. The van der Waals surface area contributed by atoms with Gasteiger partial charge in [-0.05, 0) is 70.5 Å². The van der Waals surface area contributed by atoms with Crippen LogP contribution >= 0.6 is 15.9 Å². The lowest BCUT2D eigenvalue weighted by Crippen LogP contribution is -2.52. The summed E-state index contributed by atoms with van der Waals surface area (Å²) in [5.41, 5.74) is 3.16. The SMILES string of the molecule is Cc1ccc(CN(C(=O)CN(c2cccc(Br)c2)S(=O)(=O)c2ccc(C)cc2)[C@@H](C)C(=O)NC(C)C)cc1. The van der Waals surface area contributed by atoms with Crippen molar-refractivity contribution < 1.29 is 18.0 Å². The first kappa shape index (κ1) is 29.4. The first-order valence-electron chi connectivity index (χ1n) is 12.4. The minimum Gasteiger partial charge on any atom is -0.352 e. The van der Waals surface area contributed by atoms with Gasteiger partial charge >= 0.3 is 0 Å². The smallest absolute Gasteiger partial charge is 0.264 e. The number of anilines is 1. The molecule has 9 heteroatoms. The normalized spacial score (nSPS) is 12.2. The molecule has 3 rings (SSSR count). The molecule has 3 aromatic rings. The van der Waals surface area contributed by atoms with Crippen LogP contribution in [0.5, 0.6) is 0 Å². The quantitative estimate of drug-likeness (QED) is 0.347. The van der Waals surface area contributed by atoms with Gasteiger partial charge in [-0.1, -0.05) is 69.5 Å². The van der Waals surface area contributed by atoms with Crippen molar-refractivity contribution in [1.29, 1.82) is 0 Å². The van der Waals surface area contributed by atoms with E-state index in [1.165, 1.54) is 17.0 Å². The number of nitrogens with zero attached hydrogens (tertiary/aromatic N) is 2. The Morgan fingerprint density at radius 2 is 1.47 bits per heavy atom. The van der Waals surface area contributed by atoms with Crippen LogP contribution in [0.25, 0.3) is 0 Å². The highest BCUT2D eigenvalue weighted by Crippen LogP contribution is 2.27. The molecule has 0 saturated heterocycles. The lowest BCUT2D eigenvalue weighted by atomic mass is 10.1. The van der Waals surface area contributed by atoms with Gasteiger partial charge in [0.05, 0.1) is 10.6 Å². The highest BCUT2D eigenvalue weighted by Gasteiger charge is 2.32. The lowest BCUT2D eigenvalue weighted by Gasteiger charge is -2.32. The molecule has 1 N–H and O–H groups in total. The Morgan fingerprint density at radius 1 is 0.895 bits per heavy atom. The number of carbonyl (C=O) groups excluding carboxylic acids is 2. The molecule has 0 fully saturated rings. The van der Waals surface area contributed by atoms with Crippen LogP contribution in [-0.2, 0) is 26.2 Å². The number of aryl methyl sites for hydroxylation is 2. The number of halogens is 1. The summed E-state index contributed by atoms with van der Waals surface area (Å²) in [6, 6.07) is 20.0. The van der Waals surface area contributed by atoms with Crippen molar-refractivity contribution in [3.8, 4) is 0 Å². The first-order chi connectivity index (χ1) is 17.9. The maximum atomic E-state index is 13.9. The number of sulfonamides is 1. The van der Waals surface area contributed by atoms with Crippen molar-refractivity contribution in [3.63, 3.8) is 0 Å². The molecule has 0 aromatic heterocycles. The van der Waals surface area contributed by atoms with Gasteiger partial charge in [-0.3, -0.25) is 13.9 Å². The predicted octanol–water partition coefficient (Wildman–Crippen LogP) is 5.20. The number of carbonyl (C=O) groups is 2. The van der Waals surface area contributed by atoms with Crippen LogP contribution in [0.3, 0.4) is 0 Å². The lowest BCUT2D eigenvalue weighted by molar-refractivity contribution is -0.139. The van der Waals surface area contributed by atoms with Crippen LogP contribution in [0.15, 0.2) is 82.2 Å². The summed E-state index contributed by atoms with van der Waals surface area (Å²) in [6.07, 6.45) is 0. The summed E-state index contributed by atoms with van der Waals surface area (Å²) >= 11 is 3.40. The minimum atomic E-state index is -4.10. The van der Waals surface area contributed by atoms with Gasteiger partial charge in [0.25, 0.3) is 10.0 Å². The van der Waals surface area contributed by atoms with Gasteiger partial charge in [0, 0.05) is 17.1 Å². The molecule has 38 heavy (non-hydrogen) atoms. The fourth-order valence-corrected chi connectivity index (χ4v) is 5.67. The van der Waals surface area contributed by atoms with Crippen LogP contribution in [0.4, 0.5) is 5.69 Å². The molecular formula is C29H34BrN3O4S. The topological polar surface area (TPSA) is 86.8 Å². The maximum absolute atomic E-state index is 13.9. The van der Waals surface area contributed by atoms with Crippen LogP contribution in [0.2, 0.25) is 0 Å². The largest absolute Gasteiger partial charge is 0.352 e. The van der Waals surface area contributed by atoms with Crippen molar-refractivity contribution in [2.45, 2.75) is 58.1 Å². The number of hydrogen-bond donors (Lipinski definition) is 1. The average molecular weight is 601 g/mol. The van der Waals surface area contributed by atoms with E-state index in [1.807, 2.05) is 52.0 Å². The second-order valence-corrected chi connectivity index (χ2v) is 12.4. The minimum absolute atomic E-state index is 0.0755. The van der Waals surface area contributed by atoms with Gasteiger partial charge in [0.1, 0.15) is 12.6 Å². The van der Waals surface area contributed by atoms with Crippen molar-refractivity contribution >= 4 is 43.5 Å². The Labute approximate surface area is 234 Å². The summed E-state index contributed by atoms with van der Waals surface area (Å²) in [5, 5.41) is 2.86. The molecule has 0 aliphatic carbocycles. The highest BCUT2D eigenvalue weighted by molar-refractivity contribution is 9.10. The zero-order chi connectivity index (χ0) is 28.0. The molecule has 0 unspecified atom stereocenters. The van der Waals surface area contributed by atoms with Gasteiger partial charge in [-0.2, -0.15) is 0 Å². The molecule has 0 aliphatic heterocycles. The van der Waals surface area contributed by atoms with Crippen LogP contribution < -0.4 is 9.62 Å². The van der Waals surface area contributed by atoms with E-state index in [9.17, 15) is 18.0 Å². The van der Waals surface area contributed by atoms with E-state index in [0.29, 0.717) is 10.2 Å². The third kappa shape index (κ3) is 7.45. The fourth-order valence-electron chi connectivity index (χ4n) is 3.88. The standard InChI is InChI=1S/C29H34BrN3O4S/c1-20(2)31-29(35)23(5)32(18-24-13-9-21(3)10-14-24)28(34)19-33(26-8-6-7-25(30)17-26)38(36,37)27-15-11-22(4)12-16-27/h6-17,20,23H,18-19H2,1-5H3,(H,31,35)/t23-/m0/s1. The Kier molecular flexibility index (Phi) is 9.73. The van der Waals surface area contributed by atoms with Gasteiger partial charge in [-0.15, -0.1) is 0 Å². The molecule has 0 spiro atoms. The Hall–Kier alpha value is -3.17. The Morgan fingerprint density at radius 3 is 2.03 bits per heavy atom. The zero-order valence-corrected chi connectivity index (χ0v) is 24.7. The molecule has 0 bridgehead atoms. The van der Waals surface area contributed by atoms with Gasteiger partial charge in [-0.25, -0.2) is 8.42 Å². The van der Waals surface area contributed by atoms with Gasteiger partial charge < -0.3 is 10.2 Å². The van der Waals surface area contributed by atoms with E-state index in [2.05, 4.69) is 21.2 Å². The molecule has 3 aromatic carbocycles. The number of rotatable bonds is 10. The van der Waals surface area contributed by atoms with Gasteiger partial charge in [0.2, 0.25) is 11.8 Å². The van der Waals surface area contributed by atoms with Crippen LogP contribution in [0.1, 0.15) is 37.5 Å². The summed E-state index contributed by atoms with van der Waals surface area (Å²) in [6.45, 7) is 8.87. The molecule has 0 heterocycles. The fraction of sp³-hybridized carbons (Fsp3) is 0.310. The van der Waals surface area contributed by atoms with Crippen molar-refractivity contribution in [1.82, 2.24) is 10.2 Å². The predicted molar refractivity (Wildman–Crippen MR) is 154 cm³/mol. The third-order valence-corrected chi connectivity index (χ3v) is 8.34. The molecule has 0 saturated carbocycles. The molecule has 7 nitrogen and oxygen atoms in total. The molecule has 0 aliphatic rings. The Bertz CT molecular complexity index is 1370. The summed E-state index contributed by atoms with van der Waals surface area (Å²) in [5.74, 6) is -0.802. The molecule has 0 radical (unpaired) electrons. The molecular weight excluding hydrogens is 566 g/mol. The molecule has 1 atom stereocenters. The monoisotopic (exact) mass is 599 g/mol. The van der Waals surface area contributed by atoms with E-state index in [0.717, 1.165) is 21.0 Å². The van der Waals surface area contributed by atoms with E-state index in [1.54, 1.807) is 43.3 Å². The number of nitrogens with one attached hydrogen (secondary N) is 1. The third-order valence-electron chi connectivity index (χ3n) is 6.06. The highest BCUT2D eigenvalue weighted by atomic mass is 79.9. The van der Waals surface area contributed by atoms with Gasteiger partial charge in [0.15, 0.2) is 0 Å².